The molecule has 0 atom stereocenters. The number of rotatable bonds is 3. The zero-order valence-corrected chi connectivity index (χ0v) is 15.2. The summed E-state index contributed by atoms with van der Waals surface area (Å²) in [7, 11) is 0. The first-order valence-electron chi connectivity index (χ1n) is 7.20. The smallest absolute Gasteiger partial charge is 0.248 e. The van der Waals surface area contributed by atoms with Crippen LogP contribution in [0.15, 0.2) is 54.6 Å². The summed E-state index contributed by atoms with van der Waals surface area (Å²) in [5, 5.41) is 2.85. The van der Waals surface area contributed by atoms with Crippen LogP contribution < -0.4 is 5.32 Å². The van der Waals surface area contributed by atoms with Gasteiger partial charge in [0.05, 0.1) is 0 Å². The minimum absolute atomic E-state index is 0.124. The second-order valence-electron chi connectivity index (χ2n) is 6.20. The minimum Gasteiger partial charge on any atom is -0.323 e. The summed E-state index contributed by atoms with van der Waals surface area (Å²) >= 11 is 2.24. The number of amides is 1. The number of benzene rings is 2. The van der Waals surface area contributed by atoms with Crippen LogP contribution in [0.2, 0.25) is 0 Å². The second-order valence-corrected chi connectivity index (χ2v) is 7.45. The van der Waals surface area contributed by atoms with Gasteiger partial charge < -0.3 is 5.32 Å². The molecule has 0 bridgehead atoms. The Hall–Kier alpha value is -1.62. The fourth-order valence-corrected chi connectivity index (χ4v) is 2.34. The standard InChI is InChI=1S/C19H20INO/c1-19(2,3)15-7-4-14(5-8-15)6-13-18(22)21-17-11-9-16(20)10-12-17/h4-13H,1-3H3,(H,21,22). The van der Waals surface area contributed by atoms with Crippen LogP contribution in [0, 0.1) is 3.57 Å². The third-order valence-corrected chi connectivity index (χ3v) is 4.03. The van der Waals surface area contributed by atoms with Crippen LogP contribution in [0.3, 0.4) is 0 Å². The van der Waals surface area contributed by atoms with Gasteiger partial charge in [-0.25, -0.2) is 0 Å². The Balaban J connectivity index is 1.99. The molecule has 2 aromatic rings. The Morgan fingerprint density at radius 1 is 1.00 bits per heavy atom. The summed E-state index contributed by atoms with van der Waals surface area (Å²) < 4.78 is 1.14. The van der Waals surface area contributed by atoms with E-state index in [1.54, 1.807) is 6.08 Å². The van der Waals surface area contributed by atoms with E-state index in [0.29, 0.717) is 0 Å². The number of carbonyl (C=O) groups is 1. The van der Waals surface area contributed by atoms with Gasteiger partial charge in [0.25, 0.3) is 0 Å². The summed E-state index contributed by atoms with van der Waals surface area (Å²) in [6, 6.07) is 16.0. The fourth-order valence-electron chi connectivity index (χ4n) is 1.98. The Kier molecular flexibility index (Phi) is 5.40. The molecule has 0 aliphatic rings. The van der Waals surface area contributed by atoms with E-state index in [-0.39, 0.29) is 11.3 Å². The maximum atomic E-state index is 11.9. The van der Waals surface area contributed by atoms with Gasteiger partial charge in [0.15, 0.2) is 0 Å². The molecule has 2 rings (SSSR count). The van der Waals surface area contributed by atoms with Gasteiger partial charge in [-0.1, -0.05) is 45.0 Å². The molecule has 1 N–H and O–H groups in total. The minimum atomic E-state index is -0.124. The molecule has 0 heterocycles. The van der Waals surface area contributed by atoms with Crippen molar-refractivity contribution in [1.82, 2.24) is 0 Å². The Morgan fingerprint density at radius 3 is 2.14 bits per heavy atom. The van der Waals surface area contributed by atoms with Gasteiger partial charge in [0.2, 0.25) is 5.91 Å². The molecule has 1 amide bonds. The average Bonchev–Trinajstić information content (AvgIpc) is 2.47. The van der Waals surface area contributed by atoms with Crippen LogP contribution in [-0.2, 0) is 10.2 Å². The van der Waals surface area contributed by atoms with Gasteiger partial charge in [-0.05, 0) is 69.5 Å². The molecule has 0 spiro atoms. The van der Waals surface area contributed by atoms with Crippen molar-refractivity contribution in [2.75, 3.05) is 5.32 Å². The van der Waals surface area contributed by atoms with Crippen LogP contribution in [0.4, 0.5) is 5.69 Å². The lowest BCUT2D eigenvalue weighted by atomic mass is 9.87. The van der Waals surface area contributed by atoms with Crippen molar-refractivity contribution in [3.63, 3.8) is 0 Å². The van der Waals surface area contributed by atoms with Crippen molar-refractivity contribution in [3.8, 4) is 0 Å². The zero-order chi connectivity index (χ0) is 16.2. The molecule has 22 heavy (non-hydrogen) atoms. The number of anilines is 1. The lowest BCUT2D eigenvalue weighted by Crippen LogP contribution is -2.10. The predicted octanol–water partition coefficient (Wildman–Crippen LogP) is 5.24. The highest BCUT2D eigenvalue weighted by Gasteiger charge is 2.12. The molecule has 0 aromatic heterocycles. The van der Waals surface area contributed by atoms with Gasteiger partial charge in [-0.2, -0.15) is 0 Å². The quantitative estimate of drug-likeness (QED) is 0.549. The topological polar surface area (TPSA) is 29.1 Å². The van der Waals surface area contributed by atoms with E-state index in [0.717, 1.165) is 14.8 Å². The molecular weight excluding hydrogens is 385 g/mol. The number of hydrogen-bond donors (Lipinski definition) is 1. The molecule has 114 valence electrons. The van der Waals surface area contributed by atoms with Crippen molar-refractivity contribution in [2.45, 2.75) is 26.2 Å². The molecule has 0 fully saturated rings. The van der Waals surface area contributed by atoms with Crippen molar-refractivity contribution >= 4 is 40.3 Å². The molecule has 0 aliphatic carbocycles. The number of nitrogens with one attached hydrogen (secondary N) is 1. The molecule has 0 saturated heterocycles. The van der Waals surface area contributed by atoms with Gasteiger partial charge in [-0.15, -0.1) is 0 Å². The highest BCUT2D eigenvalue weighted by atomic mass is 127. The second kappa shape index (κ2) is 7.09. The first-order valence-corrected chi connectivity index (χ1v) is 8.28. The van der Waals surface area contributed by atoms with Gasteiger partial charge in [-0.3, -0.25) is 4.79 Å². The van der Waals surface area contributed by atoms with Crippen LogP contribution >= 0.6 is 22.6 Å². The number of hydrogen-bond acceptors (Lipinski definition) is 1. The molecule has 0 unspecified atom stereocenters. The Morgan fingerprint density at radius 2 is 1.59 bits per heavy atom. The summed E-state index contributed by atoms with van der Waals surface area (Å²) in [6.45, 7) is 6.56. The Labute approximate surface area is 145 Å². The van der Waals surface area contributed by atoms with E-state index in [9.17, 15) is 4.79 Å². The normalized spacial score (nSPS) is 11.6. The molecule has 0 saturated carbocycles. The van der Waals surface area contributed by atoms with Crippen molar-refractivity contribution in [3.05, 3.63) is 69.3 Å². The van der Waals surface area contributed by atoms with E-state index in [2.05, 4.69) is 60.8 Å². The highest BCUT2D eigenvalue weighted by Crippen LogP contribution is 2.22. The third-order valence-electron chi connectivity index (χ3n) is 3.32. The number of halogens is 1. The van der Waals surface area contributed by atoms with E-state index in [1.165, 1.54) is 5.56 Å². The molecule has 0 aliphatic heterocycles. The van der Waals surface area contributed by atoms with Crippen LogP contribution in [0.5, 0.6) is 0 Å². The van der Waals surface area contributed by atoms with E-state index >= 15 is 0 Å². The van der Waals surface area contributed by atoms with Gasteiger partial charge in [0, 0.05) is 15.3 Å². The highest BCUT2D eigenvalue weighted by molar-refractivity contribution is 14.1. The first kappa shape index (κ1) is 16.7. The van der Waals surface area contributed by atoms with E-state index < -0.39 is 0 Å². The van der Waals surface area contributed by atoms with Crippen LogP contribution in [0.25, 0.3) is 6.08 Å². The first-order chi connectivity index (χ1) is 10.3. The molecule has 2 nitrogen and oxygen atoms in total. The van der Waals surface area contributed by atoms with Crippen LogP contribution in [-0.4, -0.2) is 5.91 Å². The summed E-state index contributed by atoms with van der Waals surface area (Å²) in [5.74, 6) is -0.124. The Bertz CT molecular complexity index is 664. The lowest BCUT2D eigenvalue weighted by molar-refractivity contribution is -0.111. The molecule has 0 radical (unpaired) electrons. The monoisotopic (exact) mass is 405 g/mol. The maximum Gasteiger partial charge on any atom is 0.248 e. The van der Waals surface area contributed by atoms with E-state index in [1.807, 2.05) is 42.5 Å². The molecule has 3 heteroatoms. The fraction of sp³-hybridized carbons (Fsp3) is 0.211. The summed E-state index contributed by atoms with van der Waals surface area (Å²) in [6.07, 6.45) is 3.39. The van der Waals surface area contributed by atoms with E-state index in [4.69, 9.17) is 0 Å². The van der Waals surface area contributed by atoms with Crippen LogP contribution in [0.1, 0.15) is 31.9 Å². The van der Waals surface area contributed by atoms with Gasteiger partial charge in [0.1, 0.15) is 0 Å². The number of carbonyl (C=O) groups excluding carboxylic acids is 1. The average molecular weight is 405 g/mol. The SMILES string of the molecule is CC(C)(C)c1ccc(C=CC(=O)Nc2ccc(I)cc2)cc1. The molecule has 2 aromatic carbocycles. The summed E-state index contributed by atoms with van der Waals surface area (Å²) in [4.78, 5) is 11.9. The third kappa shape index (κ3) is 4.98. The predicted molar refractivity (Wildman–Crippen MR) is 102 cm³/mol. The van der Waals surface area contributed by atoms with Crippen molar-refractivity contribution < 1.29 is 4.79 Å². The molecular formula is C19H20INO. The van der Waals surface area contributed by atoms with Crippen molar-refractivity contribution in [1.29, 1.82) is 0 Å². The van der Waals surface area contributed by atoms with Gasteiger partial charge >= 0.3 is 0 Å². The maximum absolute atomic E-state index is 11.9. The van der Waals surface area contributed by atoms with Crippen molar-refractivity contribution in [2.24, 2.45) is 0 Å². The lowest BCUT2D eigenvalue weighted by Gasteiger charge is -2.18. The zero-order valence-electron chi connectivity index (χ0n) is 13.1. The largest absolute Gasteiger partial charge is 0.323 e. The summed E-state index contributed by atoms with van der Waals surface area (Å²) in [5.41, 5.74) is 3.25.